The predicted molar refractivity (Wildman–Crippen MR) is 70.0 cm³/mol. The van der Waals surface area contributed by atoms with Crippen molar-refractivity contribution >= 4 is 5.69 Å². The summed E-state index contributed by atoms with van der Waals surface area (Å²) in [6.07, 6.45) is 0. The zero-order valence-corrected chi connectivity index (χ0v) is 10.8. The molecule has 0 aromatic heterocycles. The molecule has 1 heterocycles. The minimum atomic E-state index is -0.102. The van der Waals surface area contributed by atoms with E-state index >= 15 is 0 Å². The van der Waals surface area contributed by atoms with Crippen molar-refractivity contribution in [2.45, 2.75) is 26.8 Å². The molecule has 1 aromatic rings. The Hall–Kier alpha value is -1.09. The lowest BCUT2D eigenvalue weighted by atomic mass is 10.0. The lowest BCUT2D eigenvalue weighted by Gasteiger charge is -2.37. The van der Waals surface area contributed by atoms with Crippen molar-refractivity contribution in [3.63, 3.8) is 0 Å². The summed E-state index contributed by atoms with van der Waals surface area (Å²) < 4.78 is 13.9. The molecule has 1 N–H and O–H groups in total. The summed E-state index contributed by atoms with van der Waals surface area (Å²) in [7, 11) is 0. The van der Waals surface area contributed by atoms with Gasteiger partial charge in [0, 0.05) is 25.7 Å². The summed E-state index contributed by atoms with van der Waals surface area (Å²) >= 11 is 0. The highest BCUT2D eigenvalue weighted by Crippen LogP contribution is 2.22. The second-order valence-corrected chi connectivity index (χ2v) is 5.21. The quantitative estimate of drug-likeness (QED) is 0.849. The van der Waals surface area contributed by atoms with E-state index in [4.69, 9.17) is 0 Å². The van der Waals surface area contributed by atoms with Gasteiger partial charge in [-0.1, -0.05) is 19.9 Å². The average molecular weight is 236 g/mol. The van der Waals surface area contributed by atoms with Crippen molar-refractivity contribution in [3.05, 3.63) is 29.6 Å². The summed E-state index contributed by atoms with van der Waals surface area (Å²) in [6, 6.07) is 5.93. The number of hydrogen-bond donors (Lipinski definition) is 1. The summed E-state index contributed by atoms with van der Waals surface area (Å²) in [4.78, 5) is 2.15. The molecule has 0 bridgehead atoms. The first-order valence-corrected chi connectivity index (χ1v) is 6.32. The molecule has 0 saturated carbocycles. The Kier molecular flexibility index (Phi) is 3.67. The van der Waals surface area contributed by atoms with Gasteiger partial charge in [0.2, 0.25) is 0 Å². The average Bonchev–Trinajstić information content (AvgIpc) is 2.29. The van der Waals surface area contributed by atoms with Gasteiger partial charge in [-0.2, -0.15) is 0 Å². The number of aryl methyl sites for hydroxylation is 1. The number of anilines is 1. The van der Waals surface area contributed by atoms with E-state index < -0.39 is 0 Å². The monoisotopic (exact) mass is 236 g/mol. The third kappa shape index (κ3) is 2.78. The highest BCUT2D eigenvalue weighted by Gasteiger charge is 2.23. The van der Waals surface area contributed by atoms with Gasteiger partial charge < -0.3 is 10.2 Å². The van der Waals surface area contributed by atoms with Crippen molar-refractivity contribution in [1.29, 1.82) is 0 Å². The molecule has 3 heteroatoms. The minimum Gasteiger partial charge on any atom is -0.366 e. The molecule has 94 valence electrons. The Bertz CT molecular complexity index is 390. The molecule has 1 fully saturated rings. The molecule has 1 aliphatic rings. The van der Waals surface area contributed by atoms with Gasteiger partial charge in [0.15, 0.2) is 0 Å². The van der Waals surface area contributed by atoms with E-state index in [1.165, 1.54) is 0 Å². The summed E-state index contributed by atoms with van der Waals surface area (Å²) in [5.74, 6) is 0.473. The second-order valence-electron chi connectivity index (χ2n) is 5.21. The Morgan fingerprint density at radius 1 is 1.41 bits per heavy atom. The Labute approximate surface area is 103 Å². The van der Waals surface area contributed by atoms with Gasteiger partial charge in [-0.05, 0) is 30.5 Å². The third-order valence-corrected chi connectivity index (χ3v) is 3.45. The SMILES string of the molecule is Cc1ccc(N2CCNC(C(C)C)C2)c(F)c1. The fourth-order valence-corrected chi connectivity index (χ4v) is 2.31. The first-order chi connectivity index (χ1) is 8.08. The molecule has 0 amide bonds. The molecule has 1 atom stereocenters. The number of hydrogen-bond acceptors (Lipinski definition) is 2. The minimum absolute atomic E-state index is 0.102. The van der Waals surface area contributed by atoms with E-state index in [1.54, 1.807) is 6.07 Å². The predicted octanol–water partition coefficient (Wildman–Crippen LogP) is 2.57. The van der Waals surface area contributed by atoms with Crippen molar-refractivity contribution in [2.75, 3.05) is 24.5 Å². The smallest absolute Gasteiger partial charge is 0.146 e. The first kappa shape index (κ1) is 12.4. The van der Waals surface area contributed by atoms with Crippen LogP contribution in [0.2, 0.25) is 0 Å². The number of nitrogens with one attached hydrogen (secondary N) is 1. The maximum Gasteiger partial charge on any atom is 0.146 e. The maximum atomic E-state index is 13.9. The van der Waals surface area contributed by atoms with E-state index in [0.717, 1.165) is 30.9 Å². The van der Waals surface area contributed by atoms with Gasteiger partial charge in [-0.15, -0.1) is 0 Å². The topological polar surface area (TPSA) is 15.3 Å². The van der Waals surface area contributed by atoms with Crippen LogP contribution < -0.4 is 10.2 Å². The van der Waals surface area contributed by atoms with Gasteiger partial charge in [0.1, 0.15) is 5.82 Å². The lowest BCUT2D eigenvalue weighted by Crippen LogP contribution is -2.53. The van der Waals surface area contributed by atoms with Crippen molar-refractivity contribution in [1.82, 2.24) is 5.32 Å². The third-order valence-electron chi connectivity index (χ3n) is 3.45. The molecule has 1 unspecified atom stereocenters. The zero-order chi connectivity index (χ0) is 12.4. The van der Waals surface area contributed by atoms with Gasteiger partial charge in [-0.3, -0.25) is 0 Å². The van der Waals surface area contributed by atoms with Crippen LogP contribution in [0, 0.1) is 18.7 Å². The molecular weight excluding hydrogens is 215 g/mol. The molecule has 17 heavy (non-hydrogen) atoms. The molecule has 2 nitrogen and oxygen atoms in total. The molecule has 0 spiro atoms. The van der Waals surface area contributed by atoms with Gasteiger partial charge in [0.25, 0.3) is 0 Å². The van der Waals surface area contributed by atoms with Crippen LogP contribution in [-0.2, 0) is 0 Å². The van der Waals surface area contributed by atoms with Crippen LogP contribution in [0.15, 0.2) is 18.2 Å². The van der Waals surface area contributed by atoms with Crippen LogP contribution in [0.1, 0.15) is 19.4 Å². The highest BCUT2D eigenvalue weighted by molar-refractivity contribution is 5.49. The molecule has 0 aliphatic carbocycles. The van der Waals surface area contributed by atoms with E-state index in [-0.39, 0.29) is 5.82 Å². The molecular formula is C14H21FN2. The lowest BCUT2D eigenvalue weighted by molar-refractivity contribution is 0.366. The fraction of sp³-hybridized carbons (Fsp3) is 0.571. The van der Waals surface area contributed by atoms with E-state index in [1.807, 2.05) is 19.1 Å². The van der Waals surface area contributed by atoms with Crippen LogP contribution in [0.4, 0.5) is 10.1 Å². The van der Waals surface area contributed by atoms with Crippen LogP contribution >= 0.6 is 0 Å². The van der Waals surface area contributed by atoms with Gasteiger partial charge in [-0.25, -0.2) is 4.39 Å². The normalized spacial score (nSPS) is 21.0. The molecule has 1 aromatic carbocycles. The zero-order valence-electron chi connectivity index (χ0n) is 10.8. The first-order valence-electron chi connectivity index (χ1n) is 6.32. The van der Waals surface area contributed by atoms with Crippen molar-refractivity contribution in [3.8, 4) is 0 Å². The number of nitrogens with zero attached hydrogens (tertiary/aromatic N) is 1. The standard InChI is InChI=1S/C14H21FN2/c1-10(2)13-9-17(7-6-16-13)14-5-4-11(3)8-12(14)15/h4-5,8,10,13,16H,6-7,9H2,1-3H3. The van der Waals surface area contributed by atoms with Crippen LogP contribution in [-0.4, -0.2) is 25.7 Å². The number of rotatable bonds is 2. The van der Waals surface area contributed by atoms with Crippen molar-refractivity contribution < 1.29 is 4.39 Å². The molecule has 0 radical (unpaired) electrons. The highest BCUT2D eigenvalue weighted by atomic mass is 19.1. The number of piperazine rings is 1. The molecule has 1 saturated heterocycles. The Morgan fingerprint density at radius 2 is 2.18 bits per heavy atom. The van der Waals surface area contributed by atoms with Crippen LogP contribution in [0.25, 0.3) is 0 Å². The summed E-state index contributed by atoms with van der Waals surface area (Å²) in [5.41, 5.74) is 1.71. The van der Waals surface area contributed by atoms with E-state index in [9.17, 15) is 4.39 Å². The summed E-state index contributed by atoms with van der Waals surface area (Å²) in [6.45, 7) is 9.01. The van der Waals surface area contributed by atoms with Gasteiger partial charge in [0.05, 0.1) is 5.69 Å². The maximum absolute atomic E-state index is 13.9. The Morgan fingerprint density at radius 3 is 2.82 bits per heavy atom. The summed E-state index contributed by atoms with van der Waals surface area (Å²) in [5, 5.41) is 3.48. The van der Waals surface area contributed by atoms with E-state index in [2.05, 4.69) is 24.1 Å². The number of benzene rings is 1. The van der Waals surface area contributed by atoms with Crippen LogP contribution in [0.3, 0.4) is 0 Å². The van der Waals surface area contributed by atoms with Crippen molar-refractivity contribution in [2.24, 2.45) is 5.92 Å². The molecule has 1 aliphatic heterocycles. The number of halogens is 1. The van der Waals surface area contributed by atoms with E-state index in [0.29, 0.717) is 12.0 Å². The van der Waals surface area contributed by atoms with Crippen LogP contribution in [0.5, 0.6) is 0 Å². The van der Waals surface area contributed by atoms with Gasteiger partial charge >= 0.3 is 0 Å². The largest absolute Gasteiger partial charge is 0.366 e. The Balaban J connectivity index is 2.16. The second kappa shape index (κ2) is 5.05. The fourth-order valence-electron chi connectivity index (χ4n) is 2.31. The molecule has 2 rings (SSSR count).